The zero-order valence-corrected chi connectivity index (χ0v) is 21.6. The average Bonchev–Trinajstić information content (AvgIpc) is 3.35. The highest BCUT2D eigenvalue weighted by Crippen LogP contribution is 2.40. The monoisotopic (exact) mass is 494 g/mol. The second-order valence-corrected chi connectivity index (χ2v) is 8.93. The number of aryl methyl sites for hydroxylation is 2. The van der Waals surface area contributed by atoms with Crippen LogP contribution in [0.4, 0.5) is 5.69 Å². The van der Waals surface area contributed by atoms with E-state index >= 15 is 0 Å². The third-order valence-electron chi connectivity index (χ3n) is 6.55. The van der Waals surface area contributed by atoms with Gasteiger partial charge in [0.25, 0.3) is 5.91 Å². The number of piperazine rings is 1. The van der Waals surface area contributed by atoms with E-state index in [9.17, 15) is 4.79 Å². The number of oxazole rings is 1. The minimum Gasteiger partial charge on any atom is -0.493 e. The molecule has 36 heavy (non-hydrogen) atoms. The summed E-state index contributed by atoms with van der Waals surface area (Å²) in [5.41, 5.74) is 4.38. The molecule has 0 radical (unpaired) electrons. The van der Waals surface area contributed by atoms with Crippen molar-refractivity contribution >= 4 is 11.6 Å². The molecule has 1 aliphatic heterocycles. The third kappa shape index (κ3) is 5.80. The van der Waals surface area contributed by atoms with Crippen molar-refractivity contribution in [3.8, 4) is 17.2 Å². The topological polar surface area (TPSA) is 89.3 Å². The van der Waals surface area contributed by atoms with Gasteiger partial charge in [-0.1, -0.05) is 12.1 Å². The van der Waals surface area contributed by atoms with Gasteiger partial charge in [0.1, 0.15) is 6.26 Å². The molecule has 0 atom stereocenters. The number of nitrogens with one attached hydrogen (secondary N) is 1. The fraction of sp³-hybridized carbons (Fsp3) is 0.407. The largest absolute Gasteiger partial charge is 0.493 e. The van der Waals surface area contributed by atoms with Crippen molar-refractivity contribution in [3.63, 3.8) is 0 Å². The highest BCUT2D eigenvalue weighted by atomic mass is 16.5. The van der Waals surface area contributed by atoms with E-state index in [1.807, 2.05) is 44.2 Å². The van der Waals surface area contributed by atoms with Crippen molar-refractivity contribution in [2.75, 3.05) is 52.8 Å². The lowest BCUT2D eigenvalue weighted by atomic mass is 10.1. The Morgan fingerprint density at radius 3 is 2.25 bits per heavy atom. The Morgan fingerprint density at radius 1 is 0.917 bits per heavy atom. The Bertz CT molecular complexity index is 1200. The number of amides is 1. The Hall–Kier alpha value is -3.56. The lowest BCUT2D eigenvalue weighted by Crippen LogP contribution is -2.45. The molecule has 0 unspecified atom stereocenters. The van der Waals surface area contributed by atoms with Crippen molar-refractivity contribution in [1.82, 2.24) is 14.8 Å². The van der Waals surface area contributed by atoms with E-state index in [1.54, 1.807) is 21.3 Å². The molecule has 2 heterocycles. The van der Waals surface area contributed by atoms with Crippen LogP contribution in [0.25, 0.3) is 0 Å². The number of carbonyl (C=O) groups is 1. The molecule has 0 spiro atoms. The first-order valence-electron chi connectivity index (χ1n) is 12.0. The molecule has 0 aliphatic carbocycles. The van der Waals surface area contributed by atoms with Gasteiger partial charge >= 0.3 is 0 Å². The van der Waals surface area contributed by atoms with E-state index in [0.29, 0.717) is 29.7 Å². The van der Waals surface area contributed by atoms with Crippen LogP contribution in [-0.2, 0) is 13.1 Å². The van der Waals surface area contributed by atoms with Gasteiger partial charge in [-0.25, -0.2) is 4.98 Å². The Balaban J connectivity index is 1.30. The molecular weight excluding hydrogens is 460 g/mol. The van der Waals surface area contributed by atoms with Crippen LogP contribution < -0.4 is 19.5 Å². The predicted octanol–water partition coefficient (Wildman–Crippen LogP) is 3.89. The van der Waals surface area contributed by atoms with Crippen LogP contribution in [-0.4, -0.2) is 68.2 Å². The molecule has 1 aliphatic rings. The van der Waals surface area contributed by atoms with Gasteiger partial charge in [-0.15, -0.1) is 0 Å². The summed E-state index contributed by atoms with van der Waals surface area (Å²) in [6.45, 7) is 8.87. The maximum atomic E-state index is 12.6. The van der Waals surface area contributed by atoms with Gasteiger partial charge in [-0.3, -0.25) is 14.6 Å². The van der Waals surface area contributed by atoms with Gasteiger partial charge in [-0.2, -0.15) is 0 Å². The van der Waals surface area contributed by atoms with Gasteiger partial charge in [0.2, 0.25) is 11.6 Å². The number of hydrogen-bond acceptors (Lipinski definition) is 8. The maximum Gasteiger partial charge on any atom is 0.277 e. The second kappa shape index (κ2) is 11.5. The number of nitrogens with zero attached hydrogens (tertiary/aromatic N) is 3. The van der Waals surface area contributed by atoms with E-state index in [1.165, 1.54) is 11.8 Å². The fourth-order valence-corrected chi connectivity index (χ4v) is 4.33. The SMILES string of the molecule is COc1ccc(CN2CCN(Cc3nc(C(=O)Nc4ccc(C)c(C)c4)co3)CC2)c(OC)c1OC. The molecule has 0 saturated carbocycles. The number of anilines is 1. The molecule has 1 aromatic heterocycles. The first-order valence-corrected chi connectivity index (χ1v) is 12.0. The van der Waals surface area contributed by atoms with Gasteiger partial charge < -0.3 is 23.9 Å². The number of carbonyl (C=O) groups excluding carboxylic acids is 1. The van der Waals surface area contributed by atoms with Crippen molar-refractivity contribution in [2.45, 2.75) is 26.9 Å². The smallest absolute Gasteiger partial charge is 0.277 e. The molecule has 9 nitrogen and oxygen atoms in total. The Kier molecular flexibility index (Phi) is 8.12. The number of aromatic nitrogens is 1. The quantitative estimate of drug-likeness (QED) is 0.479. The van der Waals surface area contributed by atoms with E-state index in [4.69, 9.17) is 18.6 Å². The second-order valence-electron chi connectivity index (χ2n) is 8.93. The number of ether oxygens (including phenoxy) is 3. The molecule has 0 bridgehead atoms. The summed E-state index contributed by atoms with van der Waals surface area (Å²) < 4.78 is 22.1. The highest BCUT2D eigenvalue weighted by molar-refractivity contribution is 6.02. The first kappa shape index (κ1) is 25.5. The maximum absolute atomic E-state index is 12.6. The summed E-state index contributed by atoms with van der Waals surface area (Å²) in [5, 5.41) is 2.89. The number of rotatable bonds is 9. The van der Waals surface area contributed by atoms with Gasteiger partial charge in [0.15, 0.2) is 17.2 Å². The molecule has 9 heteroatoms. The molecule has 3 aromatic rings. The lowest BCUT2D eigenvalue weighted by molar-refractivity contribution is 0.102. The van der Waals surface area contributed by atoms with Crippen LogP contribution in [0.1, 0.15) is 33.1 Å². The number of methoxy groups -OCH3 is 3. The van der Waals surface area contributed by atoms with Crippen molar-refractivity contribution < 1.29 is 23.4 Å². The molecule has 2 aromatic carbocycles. The van der Waals surface area contributed by atoms with Crippen LogP contribution in [0.2, 0.25) is 0 Å². The lowest BCUT2D eigenvalue weighted by Gasteiger charge is -2.34. The molecule has 4 rings (SSSR count). The minimum absolute atomic E-state index is 0.276. The zero-order chi connectivity index (χ0) is 25.7. The highest BCUT2D eigenvalue weighted by Gasteiger charge is 2.23. The van der Waals surface area contributed by atoms with Crippen LogP contribution in [0.3, 0.4) is 0 Å². The minimum atomic E-state index is -0.276. The van der Waals surface area contributed by atoms with Crippen molar-refractivity contribution in [3.05, 3.63) is 64.9 Å². The first-order chi connectivity index (χ1) is 17.4. The molecule has 1 amide bonds. The number of benzene rings is 2. The van der Waals surface area contributed by atoms with Crippen LogP contribution in [0.15, 0.2) is 41.0 Å². The normalized spacial score (nSPS) is 14.5. The summed E-state index contributed by atoms with van der Waals surface area (Å²) in [6.07, 6.45) is 1.42. The van der Waals surface area contributed by atoms with Crippen LogP contribution >= 0.6 is 0 Å². The summed E-state index contributed by atoms with van der Waals surface area (Å²) >= 11 is 0. The van der Waals surface area contributed by atoms with Gasteiger partial charge in [-0.05, 0) is 43.2 Å². The van der Waals surface area contributed by atoms with Gasteiger partial charge in [0, 0.05) is 44.0 Å². The van der Waals surface area contributed by atoms with Gasteiger partial charge in [0.05, 0.1) is 27.9 Å². The zero-order valence-electron chi connectivity index (χ0n) is 21.6. The van der Waals surface area contributed by atoms with E-state index in [-0.39, 0.29) is 11.6 Å². The van der Waals surface area contributed by atoms with E-state index in [0.717, 1.165) is 49.5 Å². The fourth-order valence-electron chi connectivity index (χ4n) is 4.33. The standard InChI is InChI=1S/C27H34N4O5/c1-18-6-8-21(14-19(18)2)28-27(32)22-17-36-24(29-22)16-31-12-10-30(11-13-31)15-20-7-9-23(33-3)26(35-5)25(20)34-4/h6-9,14,17H,10-13,15-16H2,1-5H3,(H,28,32). The van der Waals surface area contributed by atoms with Crippen LogP contribution in [0, 0.1) is 13.8 Å². The molecule has 1 fully saturated rings. The molecule has 192 valence electrons. The van der Waals surface area contributed by atoms with Crippen molar-refractivity contribution in [1.29, 1.82) is 0 Å². The third-order valence-corrected chi connectivity index (χ3v) is 6.55. The summed E-state index contributed by atoms with van der Waals surface area (Å²) in [4.78, 5) is 21.6. The van der Waals surface area contributed by atoms with Crippen LogP contribution in [0.5, 0.6) is 17.2 Å². The average molecular weight is 495 g/mol. The van der Waals surface area contributed by atoms with Crippen molar-refractivity contribution in [2.24, 2.45) is 0 Å². The summed E-state index contributed by atoms with van der Waals surface area (Å²) in [6, 6.07) is 9.75. The number of hydrogen-bond donors (Lipinski definition) is 1. The molecule has 1 N–H and O–H groups in total. The Labute approximate surface area is 212 Å². The van der Waals surface area contributed by atoms with E-state index < -0.39 is 0 Å². The molecular formula is C27H34N4O5. The molecule has 1 saturated heterocycles. The summed E-state index contributed by atoms with van der Waals surface area (Å²) in [7, 11) is 4.87. The summed E-state index contributed by atoms with van der Waals surface area (Å²) in [5.74, 6) is 2.22. The van der Waals surface area contributed by atoms with E-state index in [2.05, 4.69) is 20.1 Å². The Morgan fingerprint density at radius 2 is 1.61 bits per heavy atom. The predicted molar refractivity (Wildman–Crippen MR) is 137 cm³/mol.